The van der Waals surface area contributed by atoms with E-state index in [1.54, 1.807) is 18.2 Å². The fourth-order valence-electron chi connectivity index (χ4n) is 3.01. The molecule has 0 radical (unpaired) electrons. The number of nitrogens with one attached hydrogen (secondary N) is 2. The van der Waals surface area contributed by atoms with Crippen molar-refractivity contribution in [2.75, 3.05) is 28.0 Å². The molecule has 0 aliphatic carbocycles. The molecule has 1 fully saturated rings. The monoisotopic (exact) mass is 388 g/mol. The lowest BCUT2D eigenvalue weighted by atomic mass is 9.99. The number of carbonyl (C=O) groups is 1. The average molecular weight is 388 g/mol. The zero-order valence-corrected chi connectivity index (χ0v) is 16.3. The molecule has 2 aromatic rings. The van der Waals surface area contributed by atoms with Crippen LogP contribution < -0.4 is 14.9 Å². The van der Waals surface area contributed by atoms with Gasteiger partial charge in [-0.05, 0) is 55.2 Å². The number of pyridine rings is 1. The Morgan fingerprint density at radius 1 is 1.07 bits per heavy atom. The summed E-state index contributed by atoms with van der Waals surface area (Å²) in [6.45, 7) is 5.60. The molecular weight excluding hydrogens is 364 g/mol. The SMILES string of the molecule is CC(=O)Nc1ccc(S(=O)(=O)Nc2ccc(N3CCC(C)CC3)nc2)cc1. The third-order valence-corrected chi connectivity index (χ3v) is 5.99. The summed E-state index contributed by atoms with van der Waals surface area (Å²) in [5.41, 5.74) is 0.957. The van der Waals surface area contributed by atoms with Crippen molar-refractivity contribution in [1.82, 2.24) is 4.98 Å². The number of aromatic nitrogens is 1. The topological polar surface area (TPSA) is 91.4 Å². The van der Waals surface area contributed by atoms with Crippen LogP contribution in [0.1, 0.15) is 26.7 Å². The number of piperidine rings is 1. The van der Waals surface area contributed by atoms with Gasteiger partial charge in [0.25, 0.3) is 10.0 Å². The van der Waals surface area contributed by atoms with E-state index >= 15 is 0 Å². The summed E-state index contributed by atoms with van der Waals surface area (Å²) in [7, 11) is -3.72. The van der Waals surface area contributed by atoms with Gasteiger partial charge in [-0.25, -0.2) is 13.4 Å². The number of amides is 1. The van der Waals surface area contributed by atoms with Crippen molar-refractivity contribution in [3.05, 3.63) is 42.6 Å². The number of nitrogens with zero attached hydrogens (tertiary/aromatic N) is 2. The highest BCUT2D eigenvalue weighted by Crippen LogP contribution is 2.23. The first-order chi connectivity index (χ1) is 12.8. The van der Waals surface area contributed by atoms with Gasteiger partial charge in [0.15, 0.2) is 0 Å². The Morgan fingerprint density at radius 3 is 2.26 bits per heavy atom. The van der Waals surface area contributed by atoms with Crippen LogP contribution in [-0.2, 0) is 14.8 Å². The van der Waals surface area contributed by atoms with E-state index in [0.29, 0.717) is 11.4 Å². The second-order valence-electron chi connectivity index (χ2n) is 6.89. The molecule has 144 valence electrons. The first-order valence-electron chi connectivity index (χ1n) is 8.95. The lowest BCUT2D eigenvalue weighted by Crippen LogP contribution is -2.33. The van der Waals surface area contributed by atoms with Crippen molar-refractivity contribution in [2.24, 2.45) is 5.92 Å². The first-order valence-corrected chi connectivity index (χ1v) is 10.4. The summed E-state index contributed by atoms with van der Waals surface area (Å²) >= 11 is 0. The summed E-state index contributed by atoms with van der Waals surface area (Å²) in [5, 5.41) is 2.60. The summed E-state index contributed by atoms with van der Waals surface area (Å²) in [4.78, 5) is 17.8. The van der Waals surface area contributed by atoms with Gasteiger partial charge >= 0.3 is 0 Å². The second kappa shape index (κ2) is 7.96. The van der Waals surface area contributed by atoms with Crippen LogP contribution >= 0.6 is 0 Å². The number of hydrogen-bond donors (Lipinski definition) is 2. The molecule has 2 N–H and O–H groups in total. The fraction of sp³-hybridized carbons (Fsp3) is 0.368. The van der Waals surface area contributed by atoms with Crippen LogP contribution in [0.3, 0.4) is 0 Å². The Kier molecular flexibility index (Phi) is 5.65. The minimum absolute atomic E-state index is 0.116. The van der Waals surface area contributed by atoms with Crippen LogP contribution in [-0.4, -0.2) is 32.4 Å². The van der Waals surface area contributed by atoms with Crippen molar-refractivity contribution >= 4 is 33.1 Å². The quantitative estimate of drug-likeness (QED) is 0.821. The van der Waals surface area contributed by atoms with Gasteiger partial charge in [-0.2, -0.15) is 0 Å². The molecule has 1 aromatic carbocycles. The summed E-state index contributed by atoms with van der Waals surface area (Å²) in [6.07, 6.45) is 3.83. The number of anilines is 3. The van der Waals surface area contributed by atoms with Gasteiger partial charge in [0.1, 0.15) is 5.82 Å². The van der Waals surface area contributed by atoms with E-state index in [0.717, 1.165) is 37.7 Å². The molecule has 1 aliphatic rings. The molecule has 1 aromatic heterocycles. The van der Waals surface area contributed by atoms with E-state index in [-0.39, 0.29) is 10.8 Å². The zero-order valence-electron chi connectivity index (χ0n) is 15.5. The first kappa shape index (κ1) is 19.2. The number of sulfonamides is 1. The predicted octanol–water partition coefficient (Wildman–Crippen LogP) is 3.08. The molecule has 1 amide bonds. The van der Waals surface area contributed by atoms with Crippen LogP contribution in [0.4, 0.5) is 17.2 Å². The van der Waals surface area contributed by atoms with Crippen LogP contribution in [0.5, 0.6) is 0 Å². The Hall–Kier alpha value is -2.61. The molecule has 0 atom stereocenters. The smallest absolute Gasteiger partial charge is 0.261 e. The fourth-order valence-corrected chi connectivity index (χ4v) is 4.05. The van der Waals surface area contributed by atoms with Crippen molar-refractivity contribution in [2.45, 2.75) is 31.6 Å². The van der Waals surface area contributed by atoms with E-state index in [2.05, 4.69) is 26.8 Å². The van der Waals surface area contributed by atoms with Crippen LogP contribution in [0.2, 0.25) is 0 Å². The van der Waals surface area contributed by atoms with Crippen molar-refractivity contribution in [3.63, 3.8) is 0 Å². The van der Waals surface area contributed by atoms with Gasteiger partial charge in [0, 0.05) is 25.7 Å². The van der Waals surface area contributed by atoms with Crippen LogP contribution in [0.25, 0.3) is 0 Å². The largest absolute Gasteiger partial charge is 0.357 e. The molecule has 0 spiro atoms. The zero-order chi connectivity index (χ0) is 19.4. The van der Waals surface area contributed by atoms with Gasteiger partial charge in [0.05, 0.1) is 16.8 Å². The Morgan fingerprint density at radius 2 is 1.70 bits per heavy atom. The Labute approximate surface area is 159 Å². The van der Waals surface area contributed by atoms with Crippen molar-refractivity contribution < 1.29 is 13.2 Å². The van der Waals surface area contributed by atoms with E-state index in [1.165, 1.54) is 25.3 Å². The van der Waals surface area contributed by atoms with Gasteiger partial charge in [-0.1, -0.05) is 6.92 Å². The average Bonchev–Trinajstić information content (AvgIpc) is 2.63. The molecule has 2 heterocycles. The third kappa shape index (κ3) is 4.97. The molecule has 3 rings (SSSR count). The van der Waals surface area contributed by atoms with E-state index in [9.17, 15) is 13.2 Å². The summed E-state index contributed by atoms with van der Waals surface area (Å²) in [6, 6.07) is 9.56. The molecule has 7 nitrogen and oxygen atoms in total. The number of carbonyl (C=O) groups excluding carboxylic acids is 1. The molecule has 1 aliphatic heterocycles. The minimum atomic E-state index is -3.72. The van der Waals surface area contributed by atoms with E-state index in [4.69, 9.17) is 0 Å². The van der Waals surface area contributed by atoms with Gasteiger partial charge in [-0.15, -0.1) is 0 Å². The normalized spacial score (nSPS) is 15.4. The predicted molar refractivity (Wildman–Crippen MR) is 106 cm³/mol. The molecule has 0 saturated carbocycles. The molecule has 27 heavy (non-hydrogen) atoms. The van der Waals surface area contributed by atoms with Crippen LogP contribution in [0, 0.1) is 5.92 Å². The van der Waals surface area contributed by atoms with Gasteiger partial charge in [-0.3, -0.25) is 9.52 Å². The lowest BCUT2D eigenvalue weighted by Gasteiger charge is -2.31. The second-order valence-corrected chi connectivity index (χ2v) is 8.57. The van der Waals surface area contributed by atoms with Gasteiger partial charge < -0.3 is 10.2 Å². The van der Waals surface area contributed by atoms with Gasteiger partial charge in [0.2, 0.25) is 5.91 Å². The Bertz CT molecular complexity index is 888. The molecular formula is C19H24N4O3S. The highest BCUT2D eigenvalue weighted by Gasteiger charge is 2.18. The number of rotatable bonds is 5. The molecule has 8 heteroatoms. The van der Waals surface area contributed by atoms with Crippen molar-refractivity contribution in [1.29, 1.82) is 0 Å². The van der Waals surface area contributed by atoms with E-state index < -0.39 is 10.0 Å². The maximum atomic E-state index is 12.5. The highest BCUT2D eigenvalue weighted by molar-refractivity contribution is 7.92. The third-order valence-electron chi connectivity index (χ3n) is 4.59. The van der Waals surface area contributed by atoms with Crippen LogP contribution in [0.15, 0.2) is 47.5 Å². The maximum Gasteiger partial charge on any atom is 0.261 e. The number of hydrogen-bond acceptors (Lipinski definition) is 5. The van der Waals surface area contributed by atoms with E-state index in [1.807, 2.05) is 6.07 Å². The minimum Gasteiger partial charge on any atom is -0.357 e. The molecule has 0 bridgehead atoms. The molecule has 0 unspecified atom stereocenters. The lowest BCUT2D eigenvalue weighted by molar-refractivity contribution is -0.114. The standard InChI is InChI=1S/C19H24N4O3S/c1-14-9-11-23(12-10-14)19-8-5-17(13-20-19)22-27(25,26)18-6-3-16(4-7-18)21-15(2)24/h3-8,13-14,22H,9-12H2,1-2H3,(H,21,24). The van der Waals surface area contributed by atoms with Crippen molar-refractivity contribution in [3.8, 4) is 0 Å². The highest BCUT2D eigenvalue weighted by atomic mass is 32.2. The maximum absolute atomic E-state index is 12.5. The Balaban J connectivity index is 1.67. The molecule has 1 saturated heterocycles. The summed E-state index contributed by atoms with van der Waals surface area (Å²) < 4.78 is 27.6. The number of benzene rings is 1. The summed E-state index contributed by atoms with van der Waals surface area (Å²) in [5.74, 6) is 1.40.